The highest BCUT2D eigenvalue weighted by Crippen LogP contribution is 2.29. The molecule has 0 aliphatic carbocycles. The summed E-state index contributed by atoms with van der Waals surface area (Å²) < 4.78 is 0. The Hall–Kier alpha value is -1.66. The molecule has 1 amide bonds. The Bertz CT molecular complexity index is 527. The maximum absolute atomic E-state index is 12.4. The van der Waals surface area contributed by atoms with Crippen molar-refractivity contribution in [2.45, 2.75) is 12.8 Å². The van der Waals surface area contributed by atoms with Gasteiger partial charge in [0.05, 0.1) is 9.95 Å². The predicted molar refractivity (Wildman–Crippen MR) is 73.8 cm³/mol. The second kappa shape index (κ2) is 6.19. The van der Waals surface area contributed by atoms with E-state index in [1.54, 1.807) is 4.90 Å². The van der Waals surface area contributed by atoms with Gasteiger partial charge in [-0.15, -0.1) is 0 Å². The fourth-order valence-electron chi connectivity index (χ4n) is 2.35. The van der Waals surface area contributed by atoms with Gasteiger partial charge < -0.3 is 10.0 Å². The number of carbonyl (C=O) groups excluding carboxylic acids is 1. The van der Waals surface area contributed by atoms with Crippen LogP contribution in [0.3, 0.4) is 0 Å². The maximum atomic E-state index is 12.4. The lowest BCUT2D eigenvalue weighted by Crippen LogP contribution is -2.39. The van der Waals surface area contributed by atoms with Crippen LogP contribution in [0.1, 0.15) is 23.2 Å². The molecule has 0 unspecified atom stereocenters. The fraction of sp³-hybridized carbons (Fsp3) is 0.462. The van der Waals surface area contributed by atoms with Gasteiger partial charge in [-0.05, 0) is 24.8 Å². The molecule has 1 aromatic carbocycles. The molecular formula is C13H15ClN2O4. The van der Waals surface area contributed by atoms with E-state index in [1.165, 1.54) is 18.2 Å². The molecule has 0 saturated carbocycles. The molecule has 1 aliphatic rings. The third-order valence-electron chi connectivity index (χ3n) is 3.56. The van der Waals surface area contributed by atoms with E-state index in [9.17, 15) is 14.9 Å². The lowest BCUT2D eigenvalue weighted by Gasteiger charge is -2.31. The highest BCUT2D eigenvalue weighted by molar-refractivity contribution is 6.34. The van der Waals surface area contributed by atoms with E-state index in [1.807, 2.05) is 0 Å². The number of hydrogen-bond acceptors (Lipinski definition) is 4. The van der Waals surface area contributed by atoms with Crippen molar-refractivity contribution in [1.29, 1.82) is 0 Å². The van der Waals surface area contributed by atoms with Crippen LogP contribution in [0, 0.1) is 16.0 Å². The Kier molecular flexibility index (Phi) is 4.57. The van der Waals surface area contributed by atoms with Crippen molar-refractivity contribution in [3.63, 3.8) is 0 Å². The van der Waals surface area contributed by atoms with E-state index in [0.717, 1.165) is 0 Å². The standard InChI is InChI=1S/C13H15ClN2O4/c14-10-2-1-3-11(16(19)20)12(10)13(18)15-6-4-9(8-17)5-7-15/h1-3,9,17H,4-8H2. The molecule has 2 rings (SSSR count). The zero-order valence-corrected chi connectivity index (χ0v) is 11.5. The molecular weight excluding hydrogens is 284 g/mol. The minimum absolute atomic E-state index is 0.0541. The number of benzene rings is 1. The zero-order valence-electron chi connectivity index (χ0n) is 10.8. The van der Waals surface area contributed by atoms with Crippen molar-refractivity contribution in [2.75, 3.05) is 19.7 Å². The van der Waals surface area contributed by atoms with Crippen molar-refractivity contribution in [1.82, 2.24) is 4.90 Å². The number of rotatable bonds is 3. The van der Waals surface area contributed by atoms with Gasteiger partial charge in [0, 0.05) is 25.8 Å². The van der Waals surface area contributed by atoms with Crippen molar-refractivity contribution in [3.8, 4) is 0 Å². The summed E-state index contributed by atoms with van der Waals surface area (Å²) in [5.41, 5.74) is -0.326. The molecule has 1 aliphatic heterocycles. The van der Waals surface area contributed by atoms with E-state index in [-0.39, 0.29) is 28.8 Å². The van der Waals surface area contributed by atoms with Crippen molar-refractivity contribution in [2.24, 2.45) is 5.92 Å². The molecule has 0 atom stereocenters. The number of amides is 1. The maximum Gasteiger partial charge on any atom is 0.283 e. The Morgan fingerprint density at radius 3 is 2.65 bits per heavy atom. The number of piperidine rings is 1. The van der Waals surface area contributed by atoms with Crippen LogP contribution in [0.2, 0.25) is 5.02 Å². The fourth-order valence-corrected chi connectivity index (χ4v) is 2.60. The van der Waals surface area contributed by atoms with E-state index in [2.05, 4.69) is 0 Å². The summed E-state index contributed by atoms with van der Waals surface area (Å²) in [6.45, 7) is 1.06. The molecule has 0 bridgehead atoms. The number of halogens is 1. The first-order valence-corrected chi connectivity index (χ1v) is 6.75. The summed E-state index contributed by atoms with van der Waals surface area (Å²) >= 11 is 5.95. The van der Waals surface area contributed by atoms with Gasteiger partial charge in [-0.25, -0.2) is 0 Å². The van der Waals surface area contributed by atoms with Crippen molar-refractivity contribution >= 4 is 23.2 Å². The highest BCUT2D eigenvalue weighted by atomic mass is 35.5. The smallest absolute Gasteiger partial charge is 0.283 e. The number of hydrogen-bond donors (Lipinski definition) is 1. The van der Waals surface area contributed by atoms with Crippen LogP contribution in [-0.2, 0) is 0 Å². The Labute approximate surface area is 121 Å². The van der Waals surface area contributed by atoms with E-state index < -0.39 is 10.8 Å². The molecule has 7 heteroatoms. The van der Waals surface area contributed by atoms with Gasteiger partial charge in [0.1, 0.15) is 5.56 Å². The van der Waals surface area contributed by atoms with Gasteiger partial charge >= 0.3 is 0 Å². The first kappa shape index (κ1) is 14.7. The van der Waals surface area contributed by atoms with E-state index in [4.69, 9.17) is 16.7 Å². The molecule has 1 aromatic rings. The average molecular weight is 299 g/mol. The topological polar surface area (TPSA) is 83.7 Å². The van der Waals surface area contributed by atoms with Crippen LogP contribution < -0.4 is 0 Å². The molecule has 108 valence electrons. The lowest BCUT2D eigenvalue weighted by atomic mass is 9.97. The second-order valence-electron chi connectivity index (χ2n) is 4.81. The number of likely N-dealkylation sites (tertiary alicyclic amines) is 1. The monoisotopic (exact) mass is 298 g/mol. The minimum Gasteiger partial charge on any atom is -0.396 e. The van der Waals surface area contributed by atoms with E-state index >= 15 is 0 Å². The number of nitro benzene ring substituents is 1. The number of nitrogens with zero attached hydrogens (tertiary/aromatic N) is 2. The second-order valence-corrected chi connectivity index (χ2v) is 5.22. The van der Waals surface area contributed by atoms with Gasteiger partial charge in [0.25, 0.3) is 11.6 Å². The quantitative estimate of drug-likeness (QED) is 0.684. The molecule has 6 nitrogen and oxygen atoms in total. The summed E-state index contributed by atoms with van der Waals surface area (Å²) in [7, 11) is 0. The third-order valence-corrected chi connectivity index (χ3v) is 3.88. The van der Waals surface area contributed by atoms with Gasteiger partial charge in [0.15, 0.2) is 0 Å². The van der Waals surface area contributed by atoms with Gasteiger partial charge in [-0.3, -0.25) is 14.9 Å². The highest BCUT2D eigenvalue weighted by Gasteiger charge is 2.29. The summed E-state index contributed by atoms with van der Waals surface area (Å²) in [5, 5.41) is 20.2. The molecule has 1 N–H and O–H groups in total. The van der Waals surface area contributed by atoms with Crippen LogP contribution in [0.25, 0.3) is 0 Å². The number of aliphatic hydroxyl groups excluding tert-OH is 1. The summed E-state index contributed by atoms with van der Waals surface area (Å²) in [4.78, 5) is 24.4. The first-order valence-electron chi connectivity index (χ1n) is 6.37. The SMILES string of the molecule is O=C(c1c(Cl)cccc1[N+](=O)[O-])N1CCC(CO)CC1. The molecule has 0 aromatic heterocycles. The van der Waals surface area contributed by atoms with E-state index in [0.29, 0.717) is 25.9 Å². The number of nitro groups is 1. The molecule has 1 heterocycles. The average Bonchev–Trinajstić information content (AvgIpc) is 2.46. The van der Waals surface area contributed by atoms with Gasteiger partial charge in [0.2, 0.25) is 0 Å². The van der Waals surface area contributed by atoms with Crippen LogP contribution in [0.4, 0.5) is 5.69 Å². The van der Waals surface area contributed by atoms with Crippen LogP contribution >= 0.6 is 11.6 Å². The largest absolute Gasteiger partial charge is 0.396 e. The van der Waals surface area contributed by atoms with Crippen molar-refractivity contribution in [3.05, 3.63) is 38.9 Å². The molecule has 1 saturated heterocycles. The van der Waals surface area contributed by atoms with Gasteiger partial charge in [-0.1, -0.05) is 17.7 Å². The molecule has 0 radical (unpaired) electrons. The minimum atomic E-state index is -0.598. The number of carbonyl (C=O) groups is 1. The normalized spacial score (nSPS) is 16.2. The Morgan fingerprint density at radius 2 is 2.10 bits per heavy atom. The summed E-state index contributed by atoms with van der Waals surface area (Å²) in [6, 6.07) is 4.21. The Balaban J connectivity index is 2.24. The predicted octanol–water partition coefficient (Wildman–Crippen LogP) is 2.09. The van der Waals surface area contributed by atoms with Crippen LogP contribution in [0.15, 0.2) is 18.2 Å². The molecule has 1 fully saturated rings. The molecule has 20 heavy (non-hydrogen) atoms. The zero-order chi connectivity index (χ0) is 14.7. The molecule has 0 spiro atoms. The summed E-state index contributed by atoms with van der Waals surface area (Å²) in [6.07, 6.45) is 1.39. The van der Waals surface area contributed by atoms with Crippen LogP contribution in [0.5, 0.6) is 0 Å². The van der Waals surface area contributed by atoms with Crippen LogP contribution in [-0.4, -0.2) is 40.5 Å². The lowest BCUT2D eigenvalue weighted by molar-refractivity contribution is -0.385. The first-order chi connectivity index (χ1) is 9.54. The Morgan fingerprint density at radius 1 is 1.45 bits per heavy atom. The van der Waals surface area contributed by atoms with Gasteiger partial charge in [-0.2, -0.15) is 0 Å². The van der Waals surface area contributed by atoms with Crippen molar-refractivity contribution < 1.29 is 14.8 Å². The third kappa shape index (κ3) is 2.91. The summed E-state index contributed by atoms with van der Waals surface area (Å²) in [5.74, 6) is -0.223. The number of aliphatic hydroxyl groups is 1.